The van der Waals surface area contributed by atoms with Crippen LogP contribution in [0.25, 0.3) is 0 Å². The van der Waals surface area contributed by atoms with Gasteiger partial charge in [0.15, 0.2) is 11.6 Å². The zero-order valence-corrected chi connectivity index (χ0v) is 16.9. The summed E-state index contributed by atoms with van der Waals surface area (Å²) in [4.78, 5) is 25.0. The number of rotatable bonds is 2. The second-order valence-corrected chi connectivity index (χ2v) is 10.1. The molecule has 0 N–H and O–H groups in total. The number of ketones is 2. The molecule has 0 radical (unpaired) electrons. The second kappa shape index (κ2) is 6.17. The molecule has 7 atom stereocenters. The predicted octanol–water partition coefficient (Wildman–Crippen LogP) is 5.53. The van der Waals surface area contributed by atoms with Gasteiger partial charge in [-0.1, -0.05) is 32.9 Å². The highest BCUT2D eigenvalue weighted by molar-refractivity contribution is 6.05. The summed E-state index contributed by atoms with van der Waals surface area (Å²) in [7, 11) is 0. The SMILES string of the molecule is C/C=C/C(C)C1CCC2C3CC(=O)C4=CC(=O)CCC4(C)C3CCC12C. The van der Waals surface area contributed by atoms with Crippen LogP contribution in [0.1, 0.15) is 72.6 Å². The van der Waals surface area contributed by atoms with Crippen molar-refractivity contribution < 1.29 is 9.59 Å². The molecule has 0 bridgehead atoms. The topological polar surface area (TPSA) is 34.1 Å². The van der Waals surface area contributed by atoms with Crippen molar-refractivity contribution in [1.82, 2.24) is 0 Å². The van der Waals surface area contributed by atoms with Gasteiger partial charge in [0, 0.05) is 18.4 Å². The molecule has 142 valence electrons. The van der Waals surface area contributed by atoms with Crippen LogP contribution in [0.5, 0.6) is 0 Å². The molecule has 3 fully saturated rings. The Morgan fingerprint density at radius 1 is 1.12 bits per heavy atom. The maximum absolute atomic E-state index is 13.0. The molecule has 0 spiro atoms. The first-order valence-electron chi connectivity index (χ1n) is 10.7. The lowest BCUT2D eigenvalue weighted by Crippen LogP contribution is -2.53. The van der Waals surface area contributed by atoms with Crippen LogP contribution in [0, 0.1) is 40.4 Å². The molecule has 0 saturated heterocycles. The van der Waals surface area contributed by atoms with Gasteiger partial charge in [0.05, 0.1) is 0 Å². The number of hydrogen-bond acceptors (Lipinski definition) is 2. The Kier molecular flexibility index (Phi) is 4.32. The summed E-state index contributed by atoms with van der Waals surface area (Å²) in [5.74, 6) is 3.61. The molecule has 4 aliphatic rings. The molecule has 3 saturated carbocycles. The summed E-state index contributed by atoms with van der Waals surface area (Å²) in [5.41, 5.74) is 1.19. The third kappa shape index (κ3) is 2.43. The average molecular weight is 355 g/mol. The Balaban J connectivity index is 1.67. The maximum Gasteiger partial charge on any atom is 0.159 e. The van der Waals surface area contributed by atoms with E-state index in [1.807, 2.05) is 0 Å². The zero-order valence-electron chi connectivity index (χ0n) is 16.9. The van der Waals surface area contributed by atoms with Gasteiger partial charge in [0.1, 0.15) is 0 Å². The lowest BCUT2D eigenvalue weighted by Gasteiger charge is -2.57. The van der Waals surface area contributed by atoms with Crippen LogP contribution >= 0.6 is 0 Å². The van der Waals surface area contributed by atoms with E-state index >= 15 is 0 Å². The average Bonchev–Trinajstić information content (AvgIpc) is 2.94. The van der Waals surface area contributed by atoms with Crippen molar-refractivity contribution in [3.63, 3.8) is 0 Å². The van der Waals surface area contributed by atoms with Gasteiger partial charge < -0.3 is 0 Å². The number of allylic oxidation sites excluding steroid dienone is 3. The first kappa shape index (κ1) is 18.2. The van der Waals surface area contributed by atoms with Crippen molar-refractivity contribution in [2.75, 3.05) is 0 Å². The third-order valence-corrected chi connectivity index (χ3v) is 8.99. The molecule has 26 heavy (non-hydrogen) atoms. The molecule has 4 aliphatic carbocycles. The van der Waals surface area contributed by atoms with E-state index in [9.17, 15) is 9.59 Å². The van der Waals surface area contributed by atoms with Gasteiger partial charge >= 0.3 is 0 Å². The van der Waals surface area contributed by atoms with E-state index in [1.165, 1.54) is 25.7 Å². The molecular formula is C24H34O2. The van der Waals surface area contributed by atoms with E-state index in [4.69, 9.17) is 0 Å². The number of carbonyl (C=O) groups excluding carboxylic acids is 2. The van der Waals surface area contributed by atoms with Crippen LogP contribution in [0.3, 0.4) is 0 Å². The molecule has 2 heteroatoms. The van der Waals surface area contributed by atoms with Crippen LogP contribution in [0.4, 0.5) is 0 Å². The van der Waals surface area contributed by atoms with E-state index in [2.05, 4.69) is 39.8 Å². The molecule has 0 aliphatic heterocycles. The quantitative estimate of drug-likeness (QED) is 0.611. The maximum atomic E-state index is 13.0. The predicted molar refractivity (Wildman–Crippen MR) is 105 cm³/mol. The van der Waals surface area contributed by atoms with E-state index in [0.29, 0.717) is 41.9 Å². The highest BCUT2D eigenvalue weighted by Gasteiger charge is 2.60. The lowest BCUT2D eigenvalue weighted by molar-refractivity contribution is -0.131. The summed E-state index contributed by atoms with van der Waals surface area (Å²) in [5, 5.41) is 0. The number of fused-ring (bicyclic) bond motifs is 5. The van der Waals surface area contributed by atoms with Gasteiger partial charge in [0.2, 0.25) is 0 Å². The molecule has 4 rings (SSSR count). The van der Waals surface area contributed by atoms with Crippen molar-refractivity contribution in [1.29, 1.82) is 0 Å². The van der Waals surface area contributed by atoms with Gasteiger partial charge in [-0.05, 0) is 85.5 Å². The Morgan fingerprint density at radius 3 is 2.62 bits per heavy atom. The fourth-order valence-electron chi connectivity index (χ4n) is 7.73. The number of Topliss-reactive ketones (excluding diaryl/α,β-unsaturated/α-hetero) is 1. The van der Waals surface area contributed by atoms with Crippen LogP contribution in [0.15, 0.2) is 23.8 Å². The van der Waals surface area contributed by atoms with Gasteiger partial charge in [-0.25, -0.2) is 0 Å². The van der Waals surface area contributed by atoms with Gasteiger partial charge in [-0.15, -0.1) is 0 Å². The molecule has 0 amide bonds. The zero-order chi connectivity index (χ0) is 18.7. The molecular weight excluding hydrogens is 320 g/mol. The Morgan fingerprint density at radius 2 is 1.88 bits per heavy atom. The summed E-state index contributed by atoms with van der Waals surface area (Å²) in [6, 6.07) is 0. The van der Waals surface area contributed by atoms with E-state index in [0.717, 1.165) is 17.9 Å². The fourth-order valence-corrected chi connectivity index (χ4v) is 7.73. The van der Waals surface area contributed by atoms with Crippen LogP contribution in [0.2, 0.25) is 0 Å². The van der Waals surface area contributed by atoms with Gasteiger partial charge in [-0.3, -0.25) is 9.59 Å². The minimum absolute atomic E-state index is 0.0533. The highest BCUT2D eigenvalue weighted by atomic mass is 16.1. The molecule has 0 aromatic heterocycles. The van der Waals surface area contributed by atoms with Crippen LogP contribution < -0.4 is 0 Å². The van der Waals surface area contributed by atoms with Gasteiger partial charge in [0.25, 0.3) is 0 Å². The summed E-state index contributed by atoms with van der Waals surface area (Å²) in [6.07, 6.45) is 13.6. The minimum Gasteiger partial charge on any atom is -0.295 e. The smallest absolute Gasteiger partial charge is 0.159 e. The first-order valence-corrected chi connectivity index (χ1v) is 10.7. The monoisotopic (exact) mass is 354 g/mol. The van der Waals surface area contributed by atoms with E-state index in [1.54, 1.807) is 6.08 Å². The normalized spacial score (nSPS) is 46.5. The highest BCUT2D eigenvalue weighted by Crippen LogP contribution is 2.67. The standard InChI is InChI=1S/C24H34O2/c1-5-6-15(2)18-7-8-19-17-14-22(26)21-13-16(25)9-11-24(21,4)20(17)10-12-23(18,19)3/h5-6,13,15,17-20H,7-12,14H2,1-4H3/b6-5+. The summed E-state index contributed by atoms with van der Waals surface area (Å²) < 4.78 is 0. The Labute approximate surface area is 158 Å². The third-order valence-electron chi connectivity index (χ3n) is 8.99. The first-order chi connectivity index (χ1) is 12.3. The summed E-state index contributed by atoms with van der Waals surface area (Å²) >= 11 is 0. The van der Waals surface area contributed by atoms with Crippen molar-refractivity contribution >= 4 is 11.6 Å². The largest absolute Gasteiger partial charge is 0.295 e. The molecule has 0 aromatic rings. The summed E-state index contributed by atoms with van der Waals surface area (Å²) in [6.45, 7) is 9.32. The lowest BCUT2D eigenvalue weighted by atomic mass is 9.46. The Bertz CT molecular complexity index is 686. The second-order valence-electron chi connectivity index (χ2n) is 10.1. The van der Waals surface area contributed by atoms with E-state index < -0.39 is 0 Å². The van der Waals surface area contributed by atoms with Crippen LogP contribution in [-0.2, 0) is 9.59 Å². The van der Waals surface area contributed by atoms with Crippen molar-refractivity contribution in [3.05, 3.63) is 23.8 Å². The van der Waals surface area contributed by atoms with E-state index in [-0.39, 0.29) is 17.0 Å². The van der Waals surface area contributed by atoms with Gasteiger partial charge in [-0.2, -0.15) is 0 Å². The molecule has 0 aromatic carbocycles. The fraction of sp³-hybridized carbons (Fsp3) is 0.750. The number of carbonyl (C=O) groups is 2. The van der Waals surface area contributed by atoms with Crippen molar-refractivity contribution in [2.24, 2.45) is 40.4 Å². The molecule has 7 unspecified atom stereocenters. The number of hydrogen-bond donors (Lipinski definition) is 0. The molecule has 0 heterocycles. The van der Waals surface area contributed by atoms with Crippen molar-refractivity contribution in [2.45, 2.75) is 72.6 Å². The van der Waals surface area contributed by atoms with Crippen molar-refractivity contribution in [3.8, 4) is 0 Å². The Hall–Kier alpha value is -1.18. The van der Waals surface area contributed by atoms with Crippen LogP contribution in [-0.4, -0.2) is 11.6 Å². The minimum atomic E-state index is -0.0533. The molecule has 2 nitrogen and oxygen atoms in total.